The van der Waals surface area contributed by atoms with Crippen molar-refractivity contribution >= 4 is 0 Å². The molecule has 0 aromatic carbocycles. The van der Waals surface area contributed by atoms with Crippen LogP contribution in [0.1, 0.15) is 5.56 Å². The van der Waals surface area contributed by atoms with Crippen LogP contribution in [0.4, 0.5) is 0 Å². The van der Waals surface area contributed by atoms with Gasteiger partial charge in [-0.25, -0.2) is 0 Å². The minimum atomic E-state index is 0.202. The zero-order valence-electron chi connectivity index (χ0n) is 7.81. The maximum Gasteiger partial charge on any atom is 0.137 e. The molecule has 1 N–H and O–H groups in total. The third kappa shape index (κ3) is 1.44. The second kappa shape index (κ2) is 3.46. The van der Waals surface area contributed by atoms with Crippen molar-refractivity contribution in [1.82, 2.24) is 9.97 Å². The molecule has 2 aromatic rings. The van der Waals surface area contributed by atoms with Crippen LogP contribution in [0.15, 0.2) is 36.8 Å². The molecule has 0 bridgehead atoms. The van der Waals surface area contributed by atoms with E-state index in [-0.39, 0.29) is 5.75 Å². The quantitative estimate of drug-likeness (QED) is 0.742. The summed E-state index contributed by atoms with van der Waals surface area (Å²) in [5.74, 6) is 0.202. The highest BCUT2D eigenvalue weighted by Gasteiger charge is 2.05. The van der Waals surface area contributed by atoms with Crippen LogP contribution in [0.25, 0.3) is 11.3 Å². The average molecular weight is 186 g/mol. The fourth-order valence-corrected chi connectivity index (χ4v) is 1.29. The molecule has 3 nitrogen and oxygen atoms in total. The van der Waals surface area contributed by atoms with Gasteiger partial charge in [-0.1, -0.05) is 6.07 Å². The van der Waals surface area contributed by atoms with Gasteiger partial charge in [-0.15, -0.1) is 0 Å². The molecule has 0 spiro atoms. The van der Waals surface area contributed by atoms with Gasteiger partial charge in [0.25, 0.3) is 0 Å². The summed E-state index contributed by atoms with van der Waals surface area (Å²) in [4.78, 5) is 8.13. The molecule has 14 heavy (non-hydrogen) atoms. The van der Waals surface area contributed by atoms with E-state index in [0.717, 1.165) is 16.8 Å². The molecule has 0 aliphatic rings. The molecule has 0 unspecified atom stereocenters. The predicted octanol–water partition coefficient (Wildman–Crippen LogP) is 2.16. The van der Waals surface area contributed by atoms with E-state index in [0.29, 0.717) is 0 Å². The summed E-state index contributed by atoms with van der Waals surface area (Å²) in [6.45, 7) is 1.85. The smallest absolute Gasteiger partial charge is 0.137 e. The predicted molar refractivity (Wildman–Crippen MR) is 53.9 cm³/mol. The summed E-state index contributed by atoms with van der Waals surface area (Å²) < 4.78 is 0. The Bertz CT molecular complexity index is 440. The second-order valence-electron chi connectivity index (χ2n) is 3.05. The van der Waals surface area contributed by atoms with Crippen molar-refractivity contribution in [2.24, 2.45) is 0 Å². The normalized spacial score (nSPS) is 10.1. The molecular formula is C11H10N2O. The van der Waals surface area contributed by atoms with Crippen LogP contribution in [-0.4, -0.2) is 15.1 Å². The number of pyridine rings is 2. The Hall–Kier alpha value is -1.90. The van der Waals surface area contributed by atoms with Gasteiger partial charge in [-0.2, -0.15) is 0 Å². The fraction of sp³-hybridized carbons (Fsp3) is 0.0909. The molecule has 0 fully saturated rings. The number of aromatic nitrogens is 2. The Morgan fingerprint density at radius 1 is 1.21 bits per heavy atom. The molecule has 70 valence electrons. The van der Waals surface area contributed by atoms with E-state index < -0.39 is 0 Å². The lowest BCUT2D eigenvalue weighted by atomic mass is 10.1. The van der Waals surface area contributed by atoms with Crippen molar-refractivity contribution in [3.63, 3.8) is 0 Å². The van der Waals surface area contributed by atoms with E-state index >= 15 is 0 Å². The van der Waals surface area contributed by atoms with Gasteiger partial charge >= 0.3 is 0 Å². The largest absolute Gasteiger partial charge is 0.506 e. The van der Waals surface area contributed by atoms with Gasteiger partial charge in [-0.3, -0.25) is 9.97 Å². The highest BCUT2D eigenvalue weighted by molar-refractivity contribution is 5.64. The van der Waals surface area contributed by atoms with E-state index in [2.05, 4.69) is 9.97 Å². The van der Waals surface area contributed by atoms with Crippen LogP contribution in [0.3, 0.4) is 0 Å². The molecule has 0 aliphatic heterocycles. The Balaban J connectivity index is 2.58. The molecule has 2 rings (SSSR count). The van der Waals surface area contributed by atoms with Gasteiger partial charge in [0.1, 0.15) is 5.75 Å². The lowest BCUT2D eigenvalue weighted by molar-refractivity contribution is 0.468. The summed E-state index contributed by atoms with van der Waals surface area (Å²) >= 11 is 0. The van der Waals surface area contributed by atoms with Crippen molar-refractivity contribution in [3.05, 3.63) is 42.4 Å². The maximum atomic E-state index is 9.47. The summed E-state index contributed by atoms with van der Waals surface area (Å²) in [7, 11) is 0. The van der Waals surface area contributed by atoms with Gasteiger partial charge in [-0.05, 0) is 19.1 Å². The van der Waals surface area contributed by atoms with Gasteiger partial charge in [0.15, 0.2) is 0 Å². The Morgan fingerprint density at radius 2 is 2.07 bits per heavy atom. The highest BCUT2D eigenvalue weighted by Crippen LogP contribution is 2.25. The van der Waals surface area contributed by atoms with E-state index in [4.69, 9.17) is 0 Å². The first-order valence-corrected chi connectivity index (χ1v) is 4.34. The molecular weight excluding hydrogens is 176 g/mol. The summed E-state index contributed by atoms with van der Waals surface area (Å²) in [5, 5.41) is 9.47. The first kappa shape index (κ1) is 8.69. The third-order valence-corrected chi connectivity index (χ3v) is 2.13. The van der Waals surface area contributed by atoms with Crippen molar-refractivity contribution in [2.75, 3.05) is 0 Å². The van der Waals surface area contributed by atoms with E-state index in [9.17, 15) is 5.11 Å². The Kier molecular flexibility index (Phi) is 2.14. The van der Waals surface area contributed by atoms with Crippen LogP contribution >= 0.6 is 0 Å². The van der Waals surface area contributed by atoms with Crippen molar-refractivity contribution in [2.45, 2.75) is 6.92 Å². The monoisotopic (exact) mass is 186 g/mol. The first-order chi connectivity index (χ1) is 6.79. The lowest BCUT2D eigenvalue weighted by Crippen LogP contribution is -1.88. The van der Waals surface area contributed by atoms with E-state index in [1.54, 1.807) is 12.4 Å². The molecule has 2 heterocycles. The van der Waals surface area contributed by atoms with E-state index in [1.165, 1.54) is 6.20 Å². The first-order valence-electron chi connectivity index (χ1n) is 4.34. The van der Waals surface area contributed by atoms with Gasteiger partial charge in [0, 0.05) is 23.5 Å². The van der Waals surface area contributed by atoms with Crippen molar-refractivity contribution < 1.29 is 5.11 Å². The zero-order valence-corrected chi connectivity index (χ0v) is 7.81. The minimum Gasteiger partial charge on any atom is -0.506 e. The molecule has 0 aliphatic carbocycles. The van der Waals surface area contributed by atoms with Crippen molar-refractivity contribution in [3.8, 4) is 17.0 Å². The minimum absolute atomic E-state index is 0.202. The molecule has 0 atom stereocenters. The van der Waals surface area contributed by atoms with Gasteiger partial charge in [0.2, 0.25) is 0 Å². The van der Waals surface area contributed by atoms with Crippen LogP contribution in [0, 0.1) is 6.92 Å². The SMILES string of the molecule is Cc1c(O)cncc1-c1ccccn1. The molecule has 3 heteroatoms. The maximum absolute atomic E-state index is 9.47. The second-order valence-corrected chi connectivity index (χ2v) is 3.05. The van der Waals surface area contributed by atoms with Crippen LogP contribution in [0.2, 0.25) is 0 Å². The molecule has 0 saturated carbocycles. The van der Waals surface area contributed by atoms with E-state index in [1.807, 2.05) is 25.1 Å². The third-order valence-electron chi connectivity index (χ3n) is 2.13. The topological polar surface area (TPSA) is 46.0 Å². The zero-order chi connectivity index (χ0) is 9.97. The Labute approximate surface area is 82.1 Å². The number of hydrogen-bond acceptors (Lipinski definition) is 3. The van der Waals surface area contributed by atoms with Crippen LogP contribution in [-0.2, 0) is 0 Å². The van der Waals surface area contributed by atoms with Gasteiger partial charge < -0.3 is 5.11 Å². The number of rotatable bonds is 1. The van der Waals surface area contributed by atoms with Gasteiger partial charge in [0.05, 0.1) is 11.9 Å². The molecule has 0 saturated heterocycles. The molecule has 2 aromatic heterocycles. The fourth-order valence-electron chi connectivity index (χ4n) is 1.29. The highest BCUT2D eigenvalue weighted by atomic mass is 16.3. The molecule has 0 amide bonds. The summed E-state index contributed by atoms with van der Waals surface area (Å²) in [6.07, 6.45) is 4.86. The summed E-state index contributed by atoms with van der Waals surface area (Å²) in [6, 6.07) is 5.66. The average Bonchev–Trinajstić information content (AvgIpc) is 2.23. The van der Waals surface area contributed by atoms with Crippen molar-refractivity contribution in [1.29, 1.82) is 0 Å². The summed E-state index contributed by atoms with van der Waals surface area (Å²) in [5.41, 5.74) is 2.50. The number of nitrogens with zero attached hydrogens (tertiary/aromatic N) is 2. The van der Waals surface area contributed by atoms with Crippen LogP contribution < -0.4 is 0 Å². The number of aromatic hydroxyl groups is 1. The standard InChI is InChI=1S/C11H10N2O/c1-8-9(6-12-7-11(8)14)10-4-2-3-5-13-10/h2-7,14H,1H3. The lowest BCUT2D eigenvalue weighted by Gasteiger charge is -2.05. The Morgan fingerprint density at radius 3 is 2.79 bits per heavy atom. The molecule has 0 radical (unpaired) electrons. The number of hydrogen-bond donors (Lipinski definition) is 1. The van der Waals surface area contributed by atoms with Crippen LogP contribution in [0.5, 0.6) is 5.75 Å².